The molecule has 0 radical (unpaired) electrons. The van der Waals surface area contributed by atoms with Crippen molar-refractivity contribution in [3.8, 4) is 5.75 Å². The molecule has 1 aromatic heterocycles. The SMILES string of the molecule is CN=C(NCc1cccc(OC)c1)NCc1nc(C)no1.I. The number of methoxy groups -OCH3 is 1. The quantitative estimate of drug-likeness (QED) is 0.439. The van der Waals surface area contributed by atoms with E-state index in [4.69, 9.17) is 9.26 Å². The Hall–Kier alpha value is -1.84. The van der Waals surface area contributed by atoms with Gasteiger partial charge in [-0.1, -0.05) is 17.3 Å². The van der Waals surface area contributed by atoms with Crippen LogP contribution in [0, 0.1) is 6.92 Å². The monoisotopic (exact) mass is 417 g/mol. The summed E-state index contributed by atoms with van der Waals surface area (Å²) in [6.07, 6.45) is 0. The van der Waals surface area contributed by atoms with Gasteiger partial charge in [-0.05, 0) is 24.6 Å². The normalized spacial score (nSPS) is 10.8. The van der Waals surface area contributed by atoms with Gasteiger partial charge < -0.3 is 19.9 Å². The number of benzene rings is 1. The molecule has 0 saturated heterocycles. The van der Waals surface area contributed by atoms with Gasteiger partial charge in [0.05, 0.1) is 13.7 Å². The zero-order chi connectivity index (χ0) is 15.1. The Kier molecular flexibility index (Phi) is 7.64. The lowest BCUT2D eigenvalue weighted by Crippen LogP contribution is -2.36. The predicted octanol–water partition coefficient (Wildman–Crippen LogP) is 1.87. The smallest absolute Gasteiger partial charge is 0.246 e. The average molecular weight is 417 g/mol. The molecule has 0 saturated carbocycles. The van der Waals surface area contributed by atoms with Crippen molar-refractivity contribution < 1.29 is 9.26 Å². The number of nitrogens with zero attached hydrogens (tertiary/aromatic N) is 3. The second kappa shape index (κ2) is 9.23. The van der Waals surface area contributed by atoms with Crippen molar-refractivity contribution in [1.29, 1.82) is 0 Å². The van der Waals surface area contributed by atoms with Gasteiger partial charge in [0.15, 0.2) is 11.8 Å². The summed E-state index contributed by atoms with van der Waals surface area (Å²) in [5.41, 5.74) is 1.10. The zero-order valence-corrected chi connectivity index (χ0v) is 15.1. The van der Waals surface area contributed by atoms with Gasteiger partial charge in [0.2, 0.25) is 5.89 Å². The topological polar surface area (TPSA) is 84.6 Å². The first-order valence-corrected chi connectivity index (χ1v) is 6.58. The molecule has 0 aliphatic rings. The molecular formula is C14H20IN5O2. The van der Waals surface area contributed by atoms with Crippen LogP contribution in [-0.4, -0.2) is 30.3 Å². The van der Waals surface area contributed by atoms with E-state index in [-0.39, 0.29) is 24.0 Å². The van der Waals surface area contributed by atoms with E-state index >= 15 is 0 Å². The minimum absolute atomic E-state index is 0. The van der Waals surface area contributed by atoms with Crippen molar-refractivity contribution in [3.05, 3.63) is 41.5 Å². The highest BCUT2D eigenvalue weighted by Crippen LogP contribution is 2.11. The number of hydrogen-bond acceptors (Lipinski definition) is 5. The molecule has 0 fully saturated rings. The van der Waals surface area contributed by atoms with Gasteiger partial charge in [-0.3, -0.25) is 4.99 Å². The van der Waals surface area contributed by atoms with Crippen LogP contribution in [0.25, 0.3) is 0 Å². The highest BCUT2D eigenvalue weighted by Gasteiger charge is 2.04. The molecule has 7 nitrogen and oxygen atoms in total. The van der Waals surface area contributed by atoms with Gasteiger partial charge in [-0.2, -0.15) is 4.98 Å². The van der Waals surface area contributed by atoms with E-state index in [0.717, 1.165) is 11.3 Å². The molecule has 0 aliphatic carbocycles. The van der Waals surface area contributed by atoms with Crippen LogP contribution in [0.4, 0.5) is 0 Å². The van der Waals surface area contributed by atoms with Crippen LogP contribution >= 0.6 is 24.0 Å². The van der Waals surface area contributed by atoms with E-state index in [0.29, 0.717) is 30.8 Å². The molecule has 0 atom stereocenters. The van der Waals surface area contributed by atoms with E-state index in [1.165, 1.54) is 0 Å². The lowest BCUT2D eigenvalue weighted by molar-refractivity contribution is 0.371. The number of hydrogen-bond donors (Lipinski definition) is 2. The second-order valence-corrected chi connectivity index (χ2v) is 4.37. The van der Waals surface area contributed by atoms with Gasteiger partial charge in [0.1, 0.15) is 5.75 Å². The number of rotatable bonds is 5. The highest BCUT2D eigenvalue weighted by molar-refractivity contribution is 14.0. The van der Waals surface area contributed by atoms with Crippen LogP contribution < -0.4 is 15.4 Å². The fraction of sp³-hybridized carbons (Fsp3) is 0.357. The molecular weight excluding hydrogens is 397 g/mol. The van der Waals surface area contributed by atoms with E-state index in [1.54, 1.807) is 21.1 Å². The Morgan fingerprint density at radius 2 is 2.09 bits per heavy atom. The van der Waals surface area contributed by atoms with Gasteiger partial charge in [0.25, 0.3) is 0 Å². The molecule has 0 unspecified atom stereocenters. The maximum atomic E-state index is 5.19. The van der Waals surface area contributed by atoms with Gasteiger partial charge in [-0.15, -0.1) is 24.0 Å². The third-order valence-electron chi connectivity index (χ3n) is 2.79. The zero-order valence-electron chi connectivity index (χ0n) is 12.8. The number of halogens is 1. The van der Waals surface area contributed by atoms with E-state index in [1.807, 2.05) is 24.3 Å². The Morgan fingerprint density at radius 1 is 1.32 bits per heavy atom. The first-order valence-electron chi connectivity index (χ1n) is 6.58. The van der Waals surface area contributed by atoms with Crippen molar-refractivity contribution in [2.45, 2.75) is 20.0 Å². The lowest BCUT2D eigenvalue weighted by atomic mass is 10.2. The van der Waals surface area contributed by atoms with Crippen LogP contribution in [0.2, 0.25) is 0 Å². The first-order chi connectivity index (χ1) is 10.2. The van der Waals surface area contributed by atoms with Crippen LogP contribution in [0.5, 0.6) is 5.75 Å². The number of aromatic nitrogens is 2. The molecule has 0 aliphatic heterocycles. The minimum Gasteiger partial charge on any atom is -0.497 e. The third kappa shape index (κ3) is 5.51. The number of nitrogens with one attached hydrogen (secondary N) is 2. The maximum absolute atomic E-state index is 5.19. The van der Waals surface area contributed by atoms with Crippen LogP contribution in [0.15, 0.2) is 33.8 Å². The summed E-state index contributed by atoms with van der Waals surface area (Å²) < 4.78 is 10.2. The summed E-state index contributed by atoms with van der Waals surface area (Å²) in [6.45, 7) is 2.85. The second-order valence-electron chi connectivity index (χ2n) is 4.37. The van der Waals surface area contributed by atoms with Crippen LogP contribution in [0.1, 0.15) is 17.3 Å². The summed E-state index contributed by atoms with van der Waals surface area (Å²) >= 11 is 0. The largest absolute Gasteiger partial charge is 0.497 e. The van der Waals surface area contributed by atoms with E-state index in [2.05, 4.69) is 25.8 Å². The Morgan fingerprint density at radius 3 is 2.73 bits per heavy atom. The number of aryl methyl sites for hydroxylation is 1. The van der Waals surface area contributed by atoms with Crippen molar-refractivity contribution >= 4 is 29.9 Å². The molecule has 0 bridgehead atoms. The molecule has 2 aromatic rings. The summed E-state index contributed by atoms with van der Waals surface area (Å²) in [5, 5.41) is 10.0. The predicted molar refractivity (Wildman–Crippen MR) is 94.5 cm³/mol. The fourth-order valence-electron chi connectivity index (χ4n) is 1.76. The maximum Gasteiger partial charge on any atom is 0.246 e. The van der Waals surface area contributed by atoms with Crippen molar-refractivity contribution in [1.82, 2.24) is 20.8 Å². The van der Waals surface area contributed by atoms with Crippen molar-refractivity contribution in [3.63, 3.8) is 0 Å². The standard InChI is InChI=1S/C14H19N5O2.HI/c1-10-18-13(21-19-10)9-17-14(15-2)16-8-11-5-4-6-12(7-11)20-3;/h4-7H,8-9H2,1-3H3,(H2,15,16,17);1H. The van der Waals surface area contributed by atoms with Crippen molar-refractivity contribution in [2.75, 3.05) is 14.2 Å². The minimum atomic E-state index is 0. The van der Waals surface area contributed by atoms with Crippen molar-refractivity contribution in [2.24, 2.45) is 4.99 Å². The molecule has 0 amide bonds. The van der Waals surface area contributed by atoms with E-state index < -0.39 is 0 Å². The molecule has 0 spiro atoms. The summed E-state index contributed by atoms with van der Waals surface area (Å²) in [4.78, 5) is 8.26. The Bertz CT molecular complexity index is 615. The number of aliphatic imine (C=N–C) groups is 1. The molecule has 1 aromatic carbocycles. The first kappa shape index (κ1) is 18.2. The Labute approximate surface area is 146 Å². The van der Waals surface area contributed by atoms with E-state index in [9.17, 15) is 0 Å². The summed E-state index contributed by atoms with van der Waals surface area (Å²) in [5.74, 6) is 2.63. The number of guanidine groups is 1. The molecule has 2 rings (SSSR count). The third-order valence-corrected chi connectivity index (χ3v) is 2.79. The molecule has 2 N–H and O–H groups in total. The summed E-state index contributed by atoms with van der Waals surface area (Å²) in [6, 6.07) is 7.85. The number of ether oxygens (including phenoxy) is 1. The molecule has 8 heteroatoms. The highest BCUT2D eigenvalue weighted by atomic mass is 127. The van der Waals surface area contributed by atoms with Gasteiger partial charge in [0, 0.05) is 13.6 Å². The van der Waals surface area contributed by atoms with Gasteiger partial charge in [-0.25, -0.2) is 0 Å². The lowest BCUT2D eigenvalue weighted by Gasteiger charge is -2.11. The van der Waals surface area contributed by atoms with Gasteiger partial charge >= 0.3 is 0 Å². The summed E-state index contributed by atoms with van der Waals surface area (Å²) in [7, 11) is 3.36. The van der Waals surface area contributed by atoms with Crippen LogP contribution in [-0.2, 0) is 13.1 Å². The Balaban J connectivity index is 0.00000242. The molecule has 1 heterocycles. The fourth-order valence-corrected chi connectivity index (χ4v) is 1.76. The average Bonchev–Trinajstić information content (AvgIpc) is 2.93. The molecule has 22 heavy (non-hydrogen) atoms. The molecule has 120 valence electrons. The van der Waals surface area contributed by atoms with Crippen LogP contribution in [0.3, 0.4) is 0 Å².